The number of carbonyl (C=O) groups is 2. The maximum atomic E-state index is 14.1. The van der Waals surface area contributed by atoms with Crippen LogP contribution < -0.4 is 19.7 Å². The number of aryl methyl sites for hydroxylation is 1. The van der Waals surface area contributed by atoms with Gasteiger partial charge in [-0.15, -0.1) is 5.10 Å². The maximum Gasteiger partial charge on any atom is 0.249 e. The summed E-state index contributed by atoms with van der Waals surface area (Å²) in [5.74, 6) is 0.810. The van der Waals surface area contributed by atoms with Crippen LogP contribution in [0.5, 0.6) is 11.5 Å². The van der Waals surface area contributed by atoms with Gasteiger partial charge < -0.3 is 14.8 Å². The van der Waals surface area contributed by atoms with Gasteiger partial charge in [0.1, 0.15) is 18.1 Å². The average Bonchev–Trinajstić information content (AvgIpc) is 3.34. The minimum atomic E-state index is -0.970. The van der Waals surface area contributed by atoms with E-state index >= 15 is 0 Å². The standard InChI is InChI=1S/C30H35N5O4/c1-20(2)16-17-31-30(37)29(22-12-15-26(38-4)27(18-22)39-5)35(23-13-10-21(3)11-14-23)28(36)19-34-25-9-7-6-8-24(25)32-33-34/h6-15,18,20,29H,16-17,19H2,1-5H3,(H,31,37)/t29-/m1/s1. The lowest BCUT2D eigenvalue weighted by molar-refractivity contribution is -0.127. The molecule has 0 unspecified atom stereocenters. The number of carbonyl (C=O) groups excluding carboxylic acids is 2. The van der Waals surface area contributed by atoms with Crippen molar-refractivity contribution in [2.75, 3.05) is 25.7 Å². The summed E-state index contributed by atoms with van der Waals surface area (Å²) in [4.78, 5) is 29.5. The van der Waals surface area contributed by atoms with Gasteiger partial charge in [-0.2, -0.15) is 0 Å². The number of aromatic nitrogens is 3. The Hall–Kier alpha value is -4.40. The van der Waals surface area contributed by atoms with Crippen molar-refractivity contribution in [3.8, 4) is 11.5 Å². The van der Waals surface area contributed by atoms with E-state index in [2.05, 4.69) is 29.5 Å². The SMILES string of the molecule is COc1ccc([C@H](C(=O)NCCC(C)C)N(C(=O)Cn2nnc3ccccc32)c2ccc(C)cc2)cc1OC. The molecule has 1 N–H and O–H groups in total. The molecule has 4 rings (SSSR count). The first-order valence-corrected chi connectivity index (χ1v) is 13.0. The molecule has 9 nitrogen and oxygen atoms in total. The van der Waals surface area contributed by atoms with Gasteiger partial charge in [0.2, 0.25) is 11.8 Å². The Morgan fingerprint density at radius 3 is 2.38 bits per heavy atom. The smallest absolute Gasteiger partial charge is 0.249 e. The van der Waals surface area contributed by atoms with Gasteiger partial charge in [-0.1, -0.05) is 55.0 Å². The van der Waals surface area contributed by atoms with Crippen LogP contribution in [-0.4, -0.2) is 47.6 Å². The number of rotatable bonds is 11. The molecule has 0 fully saturated rings. The zero-order valence-corrected chi connectivity index (χ0v) is 23.0. The summed E-state index contributed by atoms with van der Waals surface area (Å²) in [5.41, 5.74) is 3.65. The molecule has 0 bridgehead atoms. The van der Waals surface area contributed by atoms with E-state index in [1.165, 1.54) is 12.0 Å². The molecule has 4 aromatic rings. The Kier molecular flexibility index (Phi) is 8.81. The van der Waals surface area contributed by atoms with Crippen LogP contribution >= 0.6 is 0 Å². The highest BCUT2D eigenvalue weighted by Crippen LogP contribution is 2.35. The van der Waals surface area contributed by atoms with Gasteiger partial charge in [0.05, 0.1) is 19.7 Å². The van der Waals surface area contributed by atoms with Crippen LogP contribution in [0.15, 0.2) is 66.7 Å². The number of nitrogens with one attached hydrogen (secondary N) is 1. The van der Waals surface area contributed by atoms with Crippen molar-refractivity contribution in [2.45, 2.75) is 39.8 Å². The lowest BCUT2D eigenvalue weighted by atomic mass is 10.0. The van der Waals surface area contributed by atoms with Crippen LogP contribution in [0.4, 0.5) is 5.69 Å². The minimum Gasteiger partial charge on any atom is -0.493 e. The number of fused-ring (bicyclic) bond motifs is 1. The van der Waals surface area contributed by atoms with E-state index in [0.717, 1.165) is 17.5 Å². The fourth-order valence-electron chi connectivity index (χ4n) is 4.40. The van der Waals surface area contributed by atoms with Crippen LogP contribution in [0.1, 0.15) is 37.4 Å². The van der Waals surface area contributed by atoms with E-state index in [4.69, 9.17) is 9.47 Å². The van der Waals surface area contributed by atoms with Gasteiger partial charge in [-0.05, 0) is 61.2 Å². The molecule has 204 valence electrons. The fraction of sp³-hybridized carbons (Fsp3) is 0.333. The van der Waals surface area contributed by atoms with Crippen molar-refractivity contribution in [1.29, 1.82) is 0 Å². The van der Waals surface area contributed by atoms with Gasteiger partial charge in [0.15, 0.2) is 11.5 Å². The molecule has 0 spiro atoms. The quantitative estimate of drug-likeness (QED) is 0.303. The number of hydrogen-bond acceptors (Lipinski definition) is 6. The first-order valence-electron chi connectivity index (χ1n) is 13.0. The van der Waals surface area contributed by atoms with Crippen LogP contribution in [0.2, 0.25) is 0 Å². The third-order valence-electron chi connectivity index (χ3n) is 6.54. The number of hydrogen-bond donors (Lipinski definition) is 1. The Balaban J connectivity index is 1.80. The van der Waals surface area contributed by atoms with Crippen molar-refractivity contribution in [3.63, 3.8) is 0 Å². The van der Waals surface area contributed by atoms with Gasteiger partial charge in [0.25, 0.3) is 0 Å². The minimum absolute atomic E-state index is 0.0997. The van der Waals surface area contributed by atoms with Crippen molar-refractivity contribution in [1.82, 2.24) is 20.3 Å². The first kappa shape index (κ1) is 27.6. The molecule has 0 radical (unpaired) electrons. The summed E-state index contributed by atoms with van der Waals surface area (Å²) >= 11 is 0. The average molecular weight is 530 g/mol. The molecule has 39 heavy (non-hydrogen) atoms. The van der Waals surface area contributed by atoms with E-state index in [1.807, 2.05) is 55.5 Å². The molecule has 1 heterocycles. The summed E-state index contributed by atoms with van der Waals surface area (Å²) in [7, 11) is 3.09. The molecule has 1 atom stereocenters. The molecular formula is C30H35N5O4. The zero-order valence-electron chi connectivity index (χ0n) is 23.0. The van der Waals surface area contributed by atoms with Gasteiger partial charge in [0, 0.05) is 12.2 Å². The maximum absolute atomic E-state index is 14.1. The predicted octanol–water partition coefficient (Wildman–Crippen LogP) is 4.69. The fourth-order valence-corrected chi connectivity index (χ4v) is 4.40. The van der Waals surface area contributed by atoms with E-state index in [9.17, 15) is 9.59 Å². The third-order valence-corrected chi connectivity index (χ3v) is 6.54. The predicted molar refractivity (Wildman–Crippen MR) is 151 cm³/mol. The zero-order chi connectivity index (χ0) is 27.9. The number of nitrogens with zero attached hydrogens (tertiary/aromatic N) is 4. The Morgan fingerprint density at radius 2 is 1.69 bits per heavy atom. The number of para-hydroxylation sites is 1. The van der Waals surface area contributed by atoms with Gasteiger partial charge in [-0.25, -0.2) is 4.68 Å². The molecule has 0 saturated heterocycles. The van der Waals surface area contributed by atoms with Crippen molar-refractivity contribution >= 4 is 28.5 Å². The van der Waals surface area contributed by atoms with E-state index in [-0.39, 0.29) is 18.4 Å². The molecule has 0 aliphatic carbocycles. The highest BCUT2D eigenvalue weighted by molar-refractivity contribution is 6.01. The van der Waals surface area contributed by atoms with Crippen molar-refractivity contribution in [3.05, 3.63) is 77.9 Å². The van der Waals surface area contributed by atoms with E-state index < -0.39 is 6.04 Å². The summed E-state index contributed by atoms with van der Waals surface area (Å²) in [6.07, 6.45) is 0.813. The van der Waals surface area contributed by atoms with Crippen LogP contribution in [0, 0.1) is 12.8 Å². The molecule has 0 saturated carbocycles. The molecule has 3 aromatic carbocycles. The van der Waals surface area contributed by atoms with E-state index in [0.29, 0.717) is 40.7 Å². The van der Waals surface area contributed by atoms with Gasteiger partial charge >= 0.3 is 0 Å². The number of methoxy groups -OCH3 is 2. The summed E-state index contributed by atoms with van der Waals surface area (Å²) in [5, 5.41) is 11.4. The normalized spacial score (nSPS) is 11.8. The number of amides is 2. The monoisotopic (exact) mass is 529 g/mol. The van der Waals surface area contributed by atoms with Crippen molar-refractivity contribution in [2.24, 2.45) is 5.92 Å². The lowest BCUT2D eigenvalue weighted by Gasteiger charge is -2.32. The summed E-state index contributed by atoms with van der Waals surface area (Å²) in [6, 6.07) is 19.3. The van der Waals surface area contributed by atoms with Crippen LogP contribution in [-0.2, 0) is 16.1 Å². The molecule has 0 aliphatic rings. The van der Waals surface area contributed by atoms with E-state index in [1.54, 1.807) is 30.0 Å². The topological polar surface area (TPSA) is 98.6 Å². The van der Waals surface area contributed by atoms with Crippen LogP contribution in [0.3, 0.4) is 0 Å². The molecule has 9 heteroatoms. The molecule has 1 aromatic heterocycles. The lowest BCUT2D eigenvalue weighted by Crippen LogP contribution is -2.45. The highest BCUT2D eigenvalue weighted by Gasteiger charge is 2.34. The molecular weight excluding hydrogens is 494 g/mol. The van der Waals surface area contributed by atoms with Crippen LogP contribution in [0.25, 0.3) is 11.0 Å². The second kappa shape index (κ2) is 12.4. The number of anilines is 1. The second-order valence-corrected chi connectivity index (χ2v) is 9.83. The Labute approximate surface area is 228 Å². The largest absolute Gasteiger partial charge is 0.493 e. The summed E-state index contributed by atoms with van der Waals surface area (Å²) in [6.45, 7) is 6.56. The Bertz CT molecular complexity index is 1430. The van der Waals surface area contributed by atoms with Crippen molar-refractivity contribution < 1.29 is 19.1 Å². The first-order chi connectivity index (χ1) is 18.8. The second-order valence-electron chi connectivity index (χ2n) is 9.83. The highest BCUT2D eigenvalue weighted by atomic mass is 16.5. The van der Waals surface area contributed by atoms with Gasteiger partial charge in [-0.3, -0.25) is 14.5 Å². The number of ether oxygens (including phenoxy) is 2. The Morgan fingerprint density at radius 1 is 0.974 bits per heavy atom. The third kappa shape index (κ3) is 6.37. The molecule has 2 amide bonds. The summed E-state index contributed by atoms with van der Waals surface area (Å²) < 4.78 is 12.5. The number of benzene rings is 3. The molecule has 0 aliphatic heterocycles.